The zero-order valence-electron chi connectivity index (χ0n) is 10.5. The van der Waals surface area contributed by atoms with Gasteiger partial charge in [-0.1, -0.05) is 0 Å². The zero-order chi connectivity index (χ0) is 13.7. The Morgan fingerprint density at radius 2 is 2.22 bits per heavy atom. The van der Waals surface area contributed by atoms with Crippen LogP contribution in [0.3, 0.4) is 0 Å². The Kier molecular flexibility index (Phi) is 5.55. The first-order valence-electron chi connectivity index (χ1n) is 5.51. The monoisotopic (exact) mass is 317 g/mol. The smallest absolute Gasteiger partial charge is 0.161 e. The Bertz CT molecular complexity index is 440. The van der Waals surface area contributed by atoms with E-state index < -0.39 is 5.82 Å². The third-order valence-corrected chi connectivity index (χ3v) is 3.38. The highest BCUT2D eigenvalue weighted by molar-refractivity contribution is 9.10. The molecule has 0 unspecified atom stereocenters. The maximum atomic E-state index is 14.1. The molecule has 0 aliphatic rings. The first kappa shape index (κ1) is 14.9. The van der Waals surface area contributed by atoms with Gasteiger partial charge in [-0.25, -0.2) is 4.39 Å². The summed E-state index contributed by atoms with van der Waals surface area (Å²) in [6.07, 6.45) is 0.818. The molecule has 1 aromatic rings. The van der Waals surface area contributed by atoms with E-state index in [1.165, 1.54) is 0 Å². The highest BCUT2D eigenvalue weighted by Crippen LogP contribution is 2.28. The Balaban J connectivity index is 2.90. The van der Waals surface area contributed by atoms with Gasteiger partial charge in [0, 0.05) is 32.9 Å². The number of anilines is 1. The first-order chi connectivity index (χ1) is 8.49. The van der Waals surface area contributed by atoms with Crippen LogP contribution >= 0.6 is 15.9 Å². The predicted molar refractivity (Wildman–Crippen MR) is 74.9 cm³/mol. The van der Waals surface area contributed by atoms with E-state index in [1.807, 2.05) is 11.9 Å². The van der Waals surface area contributed by atoms with Crippen LogP contribution in [0, 0.1) is 11.2 Å². The maximum Gasteiger partial charge on any atom is 0.161 e. The SMILES string of the molecule is COCCCN(C)c1ccc(C(=N)N)c(Br)c1F. The van der Waals surface area contributed by atoms with Crippen LogP contribution in [-0.2, 0) is 4.74 Å². The minimum absolute atomic E-state index is 0.158. The standard InChI is InChI=1S/C12H17BrFN3O/c1-17(6-3-7-18-2)9-5-4-8(12(15)16)10(13)11(9)14/h4-5H,3,6-7H2,1-2H3,(H3,15,16). The normalized spacial score (nSPS) is 10.4. The number of amidine groups is 1. The van der Waals surface area contributed by atoms with Gasteiger partial charge in [0.05, 0.1) is 10.2 Å². The van der Waals surface area contributed by atoms with E-state index in [1.54, 1.807) is 19.2 Å². The molecule has 0 aliphatic heterocycles. The fraction of sp³-hybridized carbons (Fsp3) is 0.417. The molecule has 0 saturated heterocycles. The second-order valence-corrected chi connectivity index (χ2v) is 4.73. The lowest BCUT2D eigenvalue weighted by Gasteiger charge is -2.21. The van der Waals surface area contributed by atoms with Gasteiger partial charge in [-0.05, 0) is 34.5 Å². The fourth-order valence-corrected chi connectivity index (χ4v) is 2.16. The van der Waals surface area contributed by atoms with Gasteiger partial charge in [0.25, 0.3) is 0 Å². The first-order valence-corrected chi connectivity index (χ1v) is 6.30. The molecule has 0 fully saturated rings. The van der Waals surface area contributed by atoms with Crippen molar-refractivity contribution in [3.8, 4) is 0 Å². The number of nitrogens with zero attached hydrogens (tertiary/aromatic N) is 1. The molecule has 6 heteroatoms. The van der Waals surface area contributed by atoms with E-state index in [2.05, 4.69) is 15.9 Å². The summed E-state index contributed by atoms with van der Waals surface area (Å²) in [7, 11) is 3.45. The van der Waals surface area contributed by atoms with Crippen LogP contribution in [0.25, 0.3) is 0 Å². The third-order valence-electron chi connectivity index (χ3n) is 2.61. The summed E-state index contributed by atoms with van der Waals surface area (Å²) in [5.41, 5.74) is 6.20. The maximum absolute atomic E-state index is 14.1. The number of hydrogen-bond donors (Lipinski definition) is 2. The molecule has 0 radical (unpaired) electrons. The Labute approximate surface area is 115 Å². The van der Waals surface area contributed by atoms with Crippen LogP contribution in [0.5, 0.6) is 0 Å². The van der Waals surface area contributed by atoms with Gasteiger partial charge in [0.15, 0.2) is 5.82 Å². The molecule has 1 rings (SSSR count). The second-order valence-electron chi connectivity index (χ2n) is 3.94. The van der Waals surface area contributed by atoms with E-state index >= 15 is 0 Å². The molecule has 4 nitrogen and oxygen atoms in total. The lowest BCUT2D eigenvalue weighted by atomic mass is 10.1. The molecule has 0 saturated carbocycles. The van der Waals surface area contributed by atoms with Crippen molar-refractivity contribution in [3.63, 3.8) is 0 Å². The van der Waals surface area contributed by atoms with Gasteiger partial charge in [-0.15, -0.1) is 0 Å². The molecule has 0 atom stereocenters. The summed E-state index contributed by atoms with van der Waals surface area (Å²) in [4.78, 5) is 1.81. The van der Waals surface area contributed by atoms with Crippen molar-refractivity contribution in [3.05, 3.63) is 28.0 Å². The van der Waals surface area contributed by atoms with E-state index in [9.17, 15) is 4.39 Å². The number of hydrogen-bond acceptors (Lipinski definition) is 3. The summed E-state index contributed by atoms with van der Waals surface area (Å²) < 4.78 is 19.3. The van der Waals surface area contributed by atoms with Crippen molar-refractivity contribution in [2.75, 3.05) is 32.2 Å². The number of nitrogens with two attached hydrogens (primary N) is 1. The quantitative estimate of drug-likeness (QED) is 0.481. The van der Waals surface area contributed by atoms with Crippen LogP contribution in [0.15, 0.2) is 16.6 Å². The molecule has 0 bridgehead atoms. The number of methoxy groups -OCH3 is 1. The van der Waals surface area contributed by atoms with Crippen LogP contribution < -0.4 is 10.6 Å². The molecule has 0 aromatic heterocycles. The second kappa shape index (κ2) is 6.70. The topological polar surface area (TPSA) is 62.3 Å². The predicted octanol–water partition coefficient (Wildman–Crippen LogP) is 2.34. The van der Waals surface area contributed by atoms with Crippen molar-refractivity contribution < 1.29 is 9.13 Å². The molecule has 0 spiro atoms. The van der Waals surface area contributed by atoms with Gasteiger partial charge in [-0.3, -0.25) is 5.41 Å². The summed E-state index contributed by atoms with van der Waals surface area (Å²) in [5.74, 6) is -0.558. The van der Waals surface area contributed by atoms with Crippen molar-refractivity contribution in [2.24, 2.45) is 5.73 Å². The number of benzene rings is 1. The van der Waals surface area contributed by atoms with Crippen LogP contribution in [0.4, 0.5) is 10.1 Å². The number of nitrogens with one attached hydrogen (secondary N) is 1. The molecule has 0 aliphatic carbocycles. The molecule has 18 heavy (non-hydrogen) atoms. The van der Waals surface area contributed by atoms with Gasteiger partial charge in [0.2, 0.25) is 0 Å². The van der Waals surface area contributed by atoms with E-state index in [-0.39, 0.29) is 10.3 Å². The number of rotatable bonds is 6. The summed E-state index contributed by atoms with van der Waals surface area (Å²) in [6.45, 7) is 1.33. The highest BCUT2D eigenvalue weighted by atomic mass is 79.9. The summed E-state index contributed by atoms with van der Waals surface area (Å²) in [6, 6.07) is 3.27. The molecule has 1 aromatic carbocycles. The van der Waals surface area contributed by atoms with Crippen molar-refractivity contribution in [1.82, 2.24) is 0 Å². The van der Waals surface area contributed by atoms with Crippen molar-refractivity contribution in [1.29, 1.82) is 5.41 Å². The van der Waals surface area contributed by atoms with Crippen molar-refractivity contribution in [2.45, 2.75) is 6.42 Å². The summed E-state index contributed by atoms with van der Waals surface area (Å²) >= 11 is 3.13. The molecule has 3 N–H and O–H groups in total. The van der Waals surface area contributed by atoms with Crippen LogP contribution in [-0.4, -0.2) is 33.1 Å². The lowest BCUT2D eigenvalue weighted by Crippen LogP contribution is -2.22. The number of halogens is 2. The number of ether oxygens (including phenoxy) is 1. The van der Waals surface area contributed by atoms with Gasteiger partial charge in [-0.2, -0.15) is 0 Å². The van der Waals surface area contributed by atoms with E-state index in [0.29, 0.717) is 24.4 Å². The Morgan fingerprint density at radius 3 is 2.78 bits per heavy atom. The fourth-order valence-electron chi connectivity index (χ4n) is 1.61. The van der Waals surface area contributed by atoms with Crippen LogP contribution in [0.1, 0.15) is 12.0 Å². The van der Waals surface area contributed by atoms with Crippen molar-refractivity contribution >= 4 is 27.5 Å². The van der Waals surface area contributed by atoms with E-state index in [0.717, 1.165) is 6.42 Å². The minimum Gasteiger partial charge on any atom is -0.385 e. The van der Waals surface area contributed by atoms with Crippen LogP contribution in [0.2, 0.25) is 0 Å². The van der Waals surface area contributed by atoms with Gasteiger partial charge in [0.1, 0.15) is 5.84 Å². The molecule has 100 valence electrons. The molecule has 0 heterocycles. The Morgan fingerprint density at radius 1 is 1.56 bits per heavy atom. The average molecular weight is 318 g/mol. The zero-order valence-corrected chi connectivity index (χ0v) is 12.1. The minimum atomic E-state index is -0.400. The summed E-state index contributed by atoms with van der Waals surface area (Å²) in [5, 5.41) is 7.34. The molecular formula is C12H17BrFN3O. The number of nitrogen functional groups attached to an aromatic ring is 1. The van der Waals surface area contributed by atoms with Gasteiger partial charge < -0.3 is 15.4 Å². The highest BCUT2D eigenvalue weighted by Gasteiger charge is 2.15. The molecule has 0 amide bonds. The van der Waals surface area contributed by atoms with E-state index in [4.69, 9.17) is 15.9 Å². The van der Waals surface area contributed by atoms with Gasteiger partial charge >= 0.3 is 0 Å². The lowest BCUT2D eigenvalue weighted by molar-refractivity contribution is 0.196. The molecular weight excluding hydrogens is 301 g/mol. The largest absolute Gasteiger partial charge is 0.385 e. The third kappa shape index (κ3) is 3.43. The average Bonchev–Trinajstić information content (AvgIpc) is 2.32. The Hall–Kier alpha value is -1.14.